The smallest absolute Gasteiger partial charge is 0.231 e. The van der Waals surface area contributed by atoms with E-state index in [1.54, 1.807) is 0 Å². The van der Waals surface area contributed by atoms with Crippen molar-refractivity contribution in [2.24, 2.45) is 0 Å². The Kier molecular flexibility index (Phi) is 4.00. The molecule has 1 aliphatic heterocycles. The van der Waals surface area contributed by atoms with Crippen LogP contribution < -0.4 is 14.8 Å². The van der Waals surface area contributed by atoms with E-state index < -0.39 is 0 Å². The van der Waals surface area contributed by atoms with Gasteiger partial charge < -0.3 is 14.8 Å². The first kappa shape index (κ1) is 14.4. The van der Waals surface area contributed by atoms with Gasteiger partial charge in [0.05, 0.1) is 0 Å². The third kappa shape index (κ3) is 3.22. The van der Waals surface area contributed by atoms with Crippen LogP contribution >= 0.6 is 0 Å². The Balaban J connectivity index is 1.57. The topological polar surface area (TPSA) is 47.6 Å². The van der Waals surface area contributed by atoms with Crippen molar-refractivity contribution in [2.45, 2.75) is 26.7 Å². The van der Waals surface area contributed by atoms with Gasteiger partial charge in [0.25, 0.3) is 0 Å². The Morgan fingerprint density at radius 2 is 1.86 bits per heavy atom. The summed E-state index contributed by atoms with van der Waals surface area (Å²) in [6.45, 7) is 4.37. The van der Waals surface area contributed by atoms with Crippen LogP contribution in [-0.2, 0) is 11.2 Å². The predicted molar refractivity (Wildman–Crippen MR) is 85.4 cm³/mol. The van der Waals surface area contributed by atoms with Crippen molar-refractivity contribution in [2.75, 3.05) is 12.1 Å². The van der Waals surface area contributed by atoms with E-state index in [0.717, 1.165) is 22.7 Å². The number of carbonyl (C=O) groups excluding carboxylic acids is 1. The maximum absolute atomic E-state index is 12.0. The predicted octanol–water partition coefficient (Wildman–Crippen LogP) is 3.60. The molecule has 1 heterocycles. The van der Waals surface area contributed by atoms with E-state index in [9.17, 15) is 4.79 Å². The Hall–Kier alpha value is -2.49. The number of fused-ring (bicyclic) bond motifs is 1. The molecule has 0 spiro atoms. The molecular formula is C18H19NO3. The van der Waals surface area contributed by atoms with Crippen LogP contribution in [0.3, 0.4) is 0 Å². The van der Waals surface area contributed by atoms with Gasteiger partial charge in [-0.1, -0.05) is 12.1 Å². The summed E-state index contributed by atoms with van der Waals surface area (Å²) in [7, 11) is 0. The van der Waals surface area contributed by atoms with Gasteiger partial charge in [0.1, 0.15) is 0 Å². The lowest BCUT2D eigenvalue weighted by molar-refractivity contribution is -0.116. The zero-order valence-corrected chi connectivity index (χ0v) is 12.8. The molecule has 2 aromatic rings. The molecular weight excluding hydrogens is 278 g/mol. The van der Waals surface area contributed by atoms with Crippen LogP contribution in [0.5, 0.6) is 11.5 Å². The number of amides is 1. The normalized spacial score (nSPS) is 12.3. The summed E-state index contributed by atoms with van der Waals surface area (Å²) in [6.07, 6.45) is 1.11. The average molecular weight is 297 g/mol. The average Bonchev–Trinajstić information content (AvgIpc) is 2.96. The summed E-state index contributed by atoms with van der Waals surface area (Å²) >= 11 is 0. The SMILES string of the molecule is Cc1ccc(NC(=O)CCc2ccc3c(c2)OCO3)cc1C. The van der Waals surface area contributed by atoms with Crippen molar-refractivity contribution >= 4 is 11.6 Å². The highest BCUT2D eigenvalue weighted by molar-refractivity contribution is 5.91. The first-order chi connectivity index (χ1) is 10.6. The molecule has 0 saturated heterocycles. The van der Waals surface area contributed by atoms with Gasteiger partial charge in [0, 0.05) is 12.1 Å². The van der Waals surface area contributed by atoms with Crippen LogP contribution in [0.2, 0.25) is 0 Å². The van der Waals surface area contributed by atoms with Gasteiger partial charge in [-0.15, -0.1) is 0 Å². The van der Waals surface area contributed by atoms with Gasteiger partial charge in [-0.25, -0.2) is 0 Å². The second kappa shape index (κ2) is 6.10. The number of aryl methyl sites for hydroxylation is 3. The van der Waals surface area contributed by atoms with Crippen LogP contribution in [0.15, 0.2) is 36.4 Å². The molecule has 2 aromatic carbocycles. The molecule has 4 heteroatoms. The number of anilines is 1. The lowest BCUT2D eigenvalue weighted by Gasteiger charge is -2.08. The molecule has 0 saturated carbocycles. The molecule has 1 aliphatic rings. The first-order valence-corrected chi connectivity index (χ1v) is 7.37. The molecule has 0 radical (unpaired) electrons. The number of hydrogen-bond donors (Lipinski definition) is 1. The van der Waals surface area contributed by atoms with Crippen molar-refractivity contribution in [3.63, 3.8) is 0 Å². The van der Waals surface area contributed by atoms with Crippen LogP contribution in [0, 0.1) is 13.8 Å². The third-order valence-corrected chi connectivity index (χ3v) is 3.87. The van der Waals surface area contributed by atoms with Crippen LogP contribution in [-0.4, -0.2) is 12.7 Å². The fourth-order valence-corrected chi connectivity index (χ4v) is 2.40. The number of ether oxygens (including phenoxy) is 2. The number of hydrogen-bond acceptors (Lipinski definition) is 3. The molecule has 1 N–H and O–H groups in total. The lowest BCUT2D eigenvalue weighted by atomic mass is 10.1. The molecule has 114 valence electrons. The molecule has 0 unspecified atom stereocenters. The molecule has 3 rings (SSSR count). The second-order valence-corrected chi connectivity index (χ2v) is 5.53. The minimum absolute atomic E-state index is 0.0147. The third-order valence-electron chi connectivity index (χ3n) is 3.87. The molecule has 0 bridgehead atoms. The van der Waals surface area contributed by atoms with Gasteiger partial charge in [0.2, 0.25) is 12.7 Å². The number of nitrogens with one attached hydrogen (secondary N) is 1. The maximum atomic E-state index is 12.0. The number of rotatable bonds is 4. The fourth-order valence-electron chi connectivity index (χ4n) is 2.40. The molecule has 0 atom stereocenters. The fraction of sp³-hybridized carbons (Fsp3) is 0.278. The van der Waals surface area contributed by atoms with Gasteiger partial charge in [-0.05, 0) is 61.2 Å². The van der Waals surface area contributed by atoms with Crippen molar-refractivity contribution in [3.8, 4) is 11.5 Å². The van der Waals surface area contributed by atoms with Gasteiger partial charge in [-0.2, -0.15) is 0 Å². The summed E-state index contributed by atoms with van der Waals surface area (Å²) in [5.74, 6) is 1.54. The molecule has 22 heavy (non-hydrogen) atoms. The summed E-state index contributed by atoms with van der Waals surface area (Å²) in [4.78, 5) is 12.0. The Bertz CT molecular complexity index is 709. The van der Waals surface area contributed by atoms with Crippen molar-refractivity contribution in [3.05, 3.63) is 53.1 Å². The zero-order chi connectivity index (χ0) is 15.5. The summed E-state index contributed by atoms with van der Waals surface area (Å²) in [6, 6.07) is 11.7. The van der Waals surface area contributed by atoms with E-state index in [1.807, 2.05) is 43.3 Å². The van der Waals surface area contributed by atoms with Crippen molar-refractivity contribution in [1.29, 1.82) is 0 Å². The van der Waals surface area contributed by atoms with E-state index in [0.29, 0.717) is 12.8 Å². The van der Waals surface area contributed by atoms with E-state index in [1.165, 1.54) is 11.1 Å². The van der Waals surface area contributed by atoms with Crippen LogP contribution in [0.4, 0.5) is 5.69 Å². The van der Waals surface area contributed by atoms with E-state index >= 15 is 0 Å². The van der Waals surface area contributed by atoms with E-state index in [4.69, 9.17) is 9.47 Å². The Morgan fingerprint density at radius 3 is 2.68 bits per heavy atom. The van der Waals surface area contributed by atoms with Gasteiger partial charge in [0.15, 0.2) is 11.5 Å². The standard InChI is InChI=1S/C18H19NO3/c1-12-3-6-15(9-13(12)2)19-18(20)8-5-14-4-7-16-17(10-14)22-11-21-16/h3-4,6-7,9-10H,5,8,11H2,1-2H3,(H,19,20). The number of carbonyl (C=O) groups is 1. The maximum Gasteiger partial charge on any atom is 0.231 e. The Morgan fingerprint density at radius 1 is 1.05 bits per heavy atom. The highest BCUT2D eigenvalue weighted by Gasteiger charge is 2.13. The quantitative estimate of drug-likeness (QED) is 0.938. The van der Waals surface area contributed by atoms with Crippen LogP contribution in [0.25, 0.3) is 0 Å². The number of benzene rings is 2. The van der Waals surface area contributed by atoms with E-state index in [-0.39, 0.29) is 12.7 Å². The Labute approximate surface area is 130 Å². The lowest BCUT2D eigenvalue weighted by Crippen LogP contribution is -2.12. The molecule has 0 aliphatic carbocycles. The van der Waals surface area contributed by atoms with Crippen LogP contribution in [0.1, 0.15) is 23.1 Å². The first-order valence-electron chi connectivity index (χ1n) is 7.37. The minimum atomic E-state index is 0.0147. The molecule has 0 fully saturated rings. The molecule has 0 aromatic heterocycles. The van der Waals surface area contributed by atoms with Crippen molar-refractivity contribution < 1.29 is 14.3 Å². The molecule has 4 nitrogen and oxygen atoms in total. The van der Waals surface area contributed by atoms with Gasteiger partial charge >= 0.3 is 0 Å². The summed E-state index contributed by atoms with van der Waals surface area (Å²) < 4.78 is 10.6. The minimum Gasteiger partial charge on any atom is -0.454 e. The summed E-state index contributed by atoms with van der Waals surface area (Å²) in [5.41, 5.74) is 4.31. The summed E-state index contributed by atoms with van der Waals surface area (Å²) in [5, 5.41) is 2.94. The second-order valence-electron chi connectivity index (χ2n) is 5.53. The van der Waals surface area contributed by atoms with Gasteiger partial charge in [-0.3, -0.25) is 4.79 Å². The van der Waals surface area contributed by atoms with E-state index in [2.05, 4.69) is 12.2 Å². The van der Waals surface area contributed by atoms with Crippen molar-refractivity contribution in [1.82, 2.24) is 0 Å². The largest absolute Gasteiger partial charge is 0.454 e. The molecule has 1 amide bonds. The zero-order valence-electron chi connectivity index (χ0n) is 12.8. The highest BCUT2D eigenvalue weighted by Crippen LogP contribution is 2.32. The monoisotopic (exact) mass is 297 g/mol. The highest BCUT2D eigenvalue weighted by atomic mass is 16.7.